The van der Waals surface area contributed by atoms with Crippen LogP contribution in [0.25, 0.3) is 0 Å². The average Bonchev–Trinajstić information content (AvgIpc) is 2.91. The number of hydrogen-bond acceptors (Lipinski definition) is 5. The lowest BCUT2D eigenvalue weighted by atomic mass is 9.73. The zero-order valence-electron chi connectivity index (χ0n) is 16.5. The monoisotopic (exact) mass is 372 g/mol. The van der Waals surface area contributed by atoms with Crippen LogP contribution in [0.2, 0.25) is 0 Å². The van der Waals surface area contributed by atoms with E-state index in [9.17, 15) is 14.4 Å². The molecule has 5 nitrogen and oxygen atoms in total. The highest BCUT2D eigenvalue weighted by atomic mass is 16.6. The van der Waals surface area contributed by atoms with E-state index in [1.54, 1.807) is 52.0 Å². The molecule has 1 aliphatic carbocycles. The first kappa shape index (κ1) is 20.9. The number of esters is 2. The fourth-order valence-electron chi connectivity index (χ4n) is 3.59. The van der Waals surface area contributed by atoms with E-state index in [1.165, 1.54) is 0 Å². The Kier molecular flexibility index (Phi) is 6.58. The Morgan fingerprint density at radius 3 is 2.04 bits per heavy atom. The molecule has 0 N–H and O–H groups in total. The van der Waals surface area contributed by atoms with Gasteiger partial charge in [-0.3, -0.25) is 14.4 Å². The molecular formula is C22H28O5. The molecule has 0 spiro atoms. The molecule has 0 amide bonds. The molecule has 1 fully saturated rings. The van der Waals surface area contributed by atoms with Gasteiger partial charge >= 0.3 is 11.9 Å². The number of hydrogen-bond donors (Lipinski definition) is 0. The van der Waals surface area contributed by atoms with E-state index in [2.05, 4.69) is 6.58 Å². The highest BCUT2D eigenvalue weighted by Gasteiger charge is 2.60. The molecule has 0 saturated heterocycles. The fourth-order valence-corrected chi connectivity index (χ4v) is 3.59. The minimum atomic E-state index is -1.63. The summed E-state index contributed by atoms with van der Waals surface area (Å²) in [6.07, 6.45) is 0.272. The summed E-state index contributed by atoms with van der Waals surface area (Å²) in [5, 5.41) is 0. The molecule has 0 aliphatic heterocycles. The van der Waals surface area contributed by atoms with Crippen LogP contribution in [0.15, 0.2) is 42.5 Å². The molecular weight excluding hydrogens is 344 g/mol. The molecule has 1 atom stereocenters. The average molecular weight is 372 g/mol. The lowest BCUT2D eigenvalue weighted by molar-refractivity contribution is -0.176. The van der Waals surface area contributed by atoms with Crippen molar-refractivity contribution in [2.45, 2.75) is 59.2 Å². The van der Waals surface area contributed by atoms with Crippen LogP contribution in [-0.2, 0) is 19.1 Å². The molecule has 1 aliphatic rings. The number of carbonyl (C=O) groups excluding carboxylic acids is 3. The van der Waals surface area contributed by atoms with Crippen molar-refractivity contribution in [2.75, 3.05) is 0 Å². The second-order valence-electron chi connectivity index (χ2n) is 7.55. The second kappa shape index (κ2) is 8.51. The summed E-state index contributed by atoms with van der Waals surface area (Å²) in [5.41, 5.74) is -0.609. The Morgan fingerprint density at radius 2 is 1.56 bits per heavy atom. The van der Waals surface area contributed by atoms with Crippen molar-refractivity contribution in [3.05, 3.63) is 48.0 Å². The normalized spacial score (nSPS) is 18.6. The van der Waals surface area contributed by atoms with Gasteiger partial charge in [-0.25, -0.2) is 0 Å². The molecule has 146 valence electrons. The number of ether oxygens (including phenoxy) is 2. The van der Waals surface area contributed by atoms with Gasteiger partial charge in [0.05, 0.1) is 12.2 Å². The standard InChI is InChI=1S/C22H28O5/c1-14(2)26-20(24)22(21(25)27-15(3)4)16(5)11-12-18(22)13-19(23)17-9-7-6-8-10-17/h6-10,14-15,18H,5,11-13H2,1-4H3. The zero-order valence-corrected chi connectivity index (χ0v) is 16.5. The summed E-state index contributed by atoms with van der Waals surface area (Å²) in [6, 6.07) is 8.86. The minimum absolute atomic E-state index is 0.0590. The van der Waals surface area contributed by atoms with Crippen LogP contribution in [-0.4, -0.2) is 29.9 Å². The maximum atomic E-state index is 13.0. The van der Waals surface area contributed by atoms with Crippen molar-refractivity contribution in [1.82, 2.24) is 0 Å². The van der Waals surface area contributed by atoms with E-state index in [0.29, 0.717) is 24.0 Å². The summed E-state index contributed by atoms with van der Waals surface area (Å²) in [5.74, 6) is -1.99. The van der Waals surface area contributed by atoms with E-state index in [1.807, 2.05) is 6.07 Å². The van der Waals surface area contributed by atoms with Crippen molar-refractivity contribution in [1.29, 1.82) is 0 Å². The molecule has 27 heavy (non-hydrogen) atoms. The first-order chi connectivity index (χ1) is 12.7. The van der Waals surface area contributed by atoms with Gasteiger partial charge in [-0.15, -0.1) is 0 Å². The number of ketones is 1. The van der Waals surface area contributed by atoms with Gasteiger partial charge in [0, 0.05) is 12.0 Å². The Balaban J connectivity index is 2.40. The molecule has 1 saturated carbocycles. The Labute approximate surface area is 160 Å². The lowest BCUT2D eigenvalue weighted by Crippen LogP contribution is -2.47. The molecule has 1 aromatic rings. The number of benzene rings is 1. The van der Waals surface area contributed by atoms with Crippen molar-refractivity contribution in [3.63, 3.8) is 0 Å². The first-order valence-electron chi connectivity index (χ1n) is 9.38. The molecule has 1 unspecified atom stereocenters. The molecule has 0 aromatic heterocycles. The second-order valence-corrected chi connectivity index (χ2v) is 7.55. The van der Waals surface area contributed by atoms with Gasteiger partial charge in [0.2, 0.25) is 0 Å². The molecule has 0 radical (unpaired) electrons. The van der Waals surface area contributed by atoms with Gasteiger partial charge in [0.1, 0.15) is 0 Å². The molecule has 0 heterocycles. The van der Waals surface area contributed by atoms with Crippen LogP contribution >= 0.6 is 0 Å². The highest BCUT2D eigenvalue weighted by Crippen LogP contribution is 2.51. The SMILES string of the molecule is C=C1CCC(CC(=O)c2ccccc2)C1(C(=O)OC(C)C)C(=O)OC(C)C. The highest BCUT2D eigenvalue weighted by molar-refractivity contribution is 6.06. The third-order valence-corrected chi connectivity index (χ3v) is 4.82. The van der Waals surface area contributed by atoms with Gasteiger partial charge in [-0.1, -0.05) is 36.9 Å². The van der Waals surface area contributed by atoms with Crippen molar-refractivity contribution in [3.8, 4) is 0 Å². The van der Waals surface area contributed by atoms with Crippen LogP contribution in [0, 0.1) is 11.3 Å². The molecule has 5 heteroatoms. The van der Waals surface area contributed by atoms with Crippen LogP contribution in [0.1, 0.15) is 57.3 Å². The number of rotatable bonds is 7. The fraction of sp³-hybridized carbons (Fsp3) is 0.500. The third kappa shape index (κ3) is 4.29. The van der Waals surface area contributed by atoms with Gasteiger partial charge in [0.25, 0.3) is 0 Å². The number of Topliss-reactive ketones (excluding diaryl/α,β-unsaturated/α-hetero) is 1. The van der Waals surface area contributed by atoms with E-state index < -0.39 is 23.3 Å². The van der Waals surface area contributed by atoms with Crippen LogP contribution in [0.4, 0.5) is 0 Å². The predicted molar refractivity (Wildman–Crippen MR) is 102 cm³/mol. The summed E-state index contributed by atoms with van der Waals surface area (Å²) in [7, 11) is 0. The largest absolute Gasteiger partial charge is 0.462 e. The van der Waals surface area contributed by atoms with Crippen molar-refractivity contribution >= 4 is 17.7 Å². The summed E-state index contributed by atoms with van der Waals surface area (Å²) in [6.45, 7) is 10.9. The number of carbonyl (C=O) groups is 3. The lowest BCUT2D eigenvalue weighted by Gasteiger charge is -2.33. The molecule has 1 aromatic carbocycles. The van der Waals surface area contributed by atoms with Gasteiger partial charge in [-0.2, -0.15) is 0 Å². The molecule has 0 bridgehead atoms. The minimum Gasteiger partial charge on any atom is -0.462 e. The Bertz CT molecular complexity index is 695. The zero-order chi connectivity index (χ0) is 20.2. The van der Waals surface area contributed by atoms with Gasteiger partial charge in [-0.05, 0) is 52.0 Å². The van der Waals surface area contributed by atoms with E-state index in [0.717, 1.165) is 0 Å². The van der Waals surface area contributed by atoms with E-state index >= 15 is 0 Å². The maximum Gasteiger partial charge on any atom is 0.328 e. The van der Waals surface area contributed by atoms with Gasteiger partial charge in [0.15, 0.2) is 11.2 Å². The summed E-state index contributed by atoms with van der Waals surface area (Å²) in [4.78, 5) is 38.8. The van der Waals surface area contributed by atoms with Crippen LogP contribution in [0.3, 0.4) is 0 Å². The summed E-state index contributed by atoms with van der Waals surface area (Å²) >= 11 is 0. The first-order valence-corrected chi connectivity index (χ1v) is 9.38. The van der Waals surface area contributed by atoms with Crippen LogP contribution in [0.5, 0.6) is 0 Å². The van der Waals surface area contributed by atoms with Crippen molar-refractivity contribution < 1.29 is 23.9 Å². The van der Waals surface area contributed by atoms with Crippen molar-refractivity contribution in [2.24, 2.45) is 11.3 Å². The molecule has 2 rings (SSSR count). The predicted octanol–water partition coefficient (Wildman–Crippen LogP) is 4.12. The quantitative estimate of drug-likeness (QED) is 0.312. The van der Waals surface area contributed by atoms with E-state index in [-0.39, 0.29) is 24.4 Å². The van der Waals surface area contributed by atoms with E-state index in [4.69, 9.17) is 9.47 Å². The summed E-state index contributed by atoms with van der Waals surface area (Å²) < 4.78 is 10.8. The van der Waals surface area contributed by atoms with Crippen LogP contribution < -0.4 is 0 Å². The smallest absolute Gasteiger partial charge is 0.328 e. The topological polar surface area (TPSA) is 69.7 Å². The maximum absolute atomic E-state index is 13.0. The third-order valence-electron chi connectivity index (χ3n) is 4.82. The Morgan fingerprint density at radius 1 is 1.04 bits per heavy atom. The Hall–Kier alpha value is -2.43. The van der Waals surface area contributed by atoms with Gasteiger partial charge < -0.3 is 9.47 Å².